The number of pyridine rings is 2. The molecule has 0 fully saturated rings. The molecule has 5 heteroatoms. The van der Waals surface area contributed by atoms with Crippen molar-refractivity contribution in [3.63, 3.8) is 0 Å². The third-order valence-corrected chi connectivity index (χ3v) is 13.7. The normalized spacial score (nSPS) is 12.4. The van der Waals surface area contributed by atoms with E-state index in [-0.39, 0.29) is 0 Å². The fourth-order valence-corrected chi connectivity index (χ4v) is 11.1. The minimum Gasteiger partial charge on any atom is -0.308 e. The van der Waals surface area contributed by atoms with Crippen molar-refractivity contribution < 1.29 is 0 Å². The van der Waals surface area contributed by atoms with Gasteiger partial charge in [0.15, 0.2) is 5.82 Å². The molecule has 2 aliphatic rings. The first-order chi connectivity index (χ1) is 31.3. The van der Waals surface area contributed by atoms with Gasteiger partial charge in [-0.2, -0.15) is 0 Å². The van der Waals surface area contributed by atoms with Crippen LogP contribution < -0.4 is 0 Å². The fraction of sp³-hybridized carbons (Fsp3) is 0. The highest BCUT2D eigenvalue weighted by Crippen LogP contribution is 2.46. The van der Waals surface area contributed by atoms with Crippen molar-refractivity contribution in [1.29, 1.82) is 0 Å². The Morgan fingerprint density at radius 1 is 0.333 bits per heavy atom. The minimum absolute atomic E-state index is 0.704. The molecule has 63 heavy (non-hydrogen) atoms. The number of hydrogen-bond acceptors (Lipinski definition) is 2. The van der Waals surface area contributed by atoms with Crippen molar-refractivity contribution in [2.75, 3.05) is 0 Å². The number of nitrogens with zero attached hydrogens (tertiary/aromatic N) is 5. The first-order valence-electron chi connectivity index (χ1n) is 21.6. The molecule has 290 valence electrons. The van der Waals surface area contributed by atoms with Gasteiger partial charge in [-0.3, -0.25) is 4.57 Å². The van der Waals surface area contributed by atoms with Crippen LogP contribution in [-0.2, 0) is 0 Å². The Morgan fingerprint density at radius 2 is 0.984 bits per heavy atom. The maximum atomic E-state index is 5.39. The molecule has 3 aromatic heterocycles. The quantitative estimate of drug-likeness (QED) is 0.132. The lowest BCUT2D eigenvalue weighted by molar-refractivity contribution is 1.03. The number of hydrogen-bond donors (Lipinski definition) is 0. The highest BCUT2D eigenvalue weighted by Gasteiger charge is 2.25. The van der Waals surface area contributed by atoms with E-state index in [1.165, 1.54) is 87.1 Å². The summed E-state index contributed by atoms with van der Waals surface area (Å²) in [6.07, 6.45) is 0. The van der Waals surface area contributed by atoms with Crippen LogP contribution in [0.5, 0.6) is 0 Å². The Morgan fingerprint density at radius 3 is 1.87 bits per heavy atom. The first-order valence-corrected chi connectivity index (χ1v) is 21.6. The summed E-state index contributed by atoms with van der Waals surface area (Å²) in [6.45, 7) is 0. The zero-order valence-electron chi connectivity index (χ0n) is 33.8. The van der Waals surface area contributed by atoms with Crippen molar-refractivity contribution in [2.45, 2.75) is 0 Å². The molecule has 0 spiro atoms. The summed E-state index contributed by atoms with van der Waals surface area (Å²) in [7, 11) is 0. The predicted molar refractivity (Wildman–Crippen MR) is 262 cm³/mol. The summed E-state index contributed by atoms with van der Waals surface area (Å²) >= 11 is 0. The molecule has 0 amide bonds. The third kappa shape index (κ3) is 4.30. The number of benzene rings is 10. The second-order valence-corrected chi connectivity index (χ2v) is 16.9. The van der Waals surface area contributed by atoms with Gasteiger partial charge in [0.25, 0.3) is 0 Å². The van der Waals surface area contributed by atoms with Crippen LogP contribution in [0, 0.1) is 0 Å². The highest BCUT2D eigenvalue weighted by molar-refractivity contribution is 6.29. The molecule has 15 rings (SSSR count). The molecule has 0 aliphatic carbocycles. The molecule has 0 atom stereocenters. The first kappa shape index (κ1) is 33.2. The Balaban J connectivity index is 1.03. The predicted octanol–water partition coefficient (Wildman–Crippen LogP) is 14.9. The molecule has 0 unspecified atom stereocenters. The van der Waals surface area contributed by atoms with Crippen LogP contribution in [0.3, 0.4) is 0 Å². The van der Waals surface area contributed by atoms with E-state index < -0.39 is 0 Å². The summed E-state index contributed by atoms with van der Waals surface area (Å²) in [5, 5.41) is 13.7. The highest BCUT2D eigenvalue weighted by atomic mass is 15.1. The topological polar surface area (TPSA) is 40.0 Å². The van der Waals surface area contributed by atoms with Gasteiger partial charge in [0.1, 0.15) is 5.82 Å². The molecule has 5 heterocycles. The average molecular weight is 800 g/mol. The maximum absolute atomic E-state index is 5.39. The van der Waals surface area contributed by atoms with Crippen LogP contribution in [-0.4, -0.2) is 23.5 Å². The maximum Gasteiger partial charge on any atom is 0.162 e. The lowest BCUT2D eigenvalue weighted by Crippen LogP contribution is -2.13. The molecule has 0 N–H and O–H groups in total. The van der Waals surface area contributed by atoms with E-state index in [0.717, 1.165) is 44.5 Å². The van der Waals surface area contributed by atoms with Gasteiger partial charge in [0.05, 0.1) is 49.8 Å². The van der Waals surface area contributed by atoms with E-state index >= 15 is 0 Å². The van der Waals surface area contributed by atoms with E-state index in [2.05, 4.69) is 196 Å². The second kappa shape index (κ2) is 12.1. The van der Waals surface area contributed by atoms with E-state index in [1.807, 2.05) is 18.2 Å². The monoisotopic (exact) mass is 799 g/mol. The molecule has 0 bridgehead atoms. The van der Waals surface area contributed by atoms with Gasteiger partial charge in [-0.1, -0.05) is 146 Å². The summed E-state index contributed by atoms with van der Waals surface area (Å²) in [4.78, 5) is 10.5. The van der Waals surface area contributed by atoms with Crippen LogP contribution >= 0.6 is 0 Å². The second-order valence-electron chi connectivity index (χ2n) is 16.9. The van der Waals surface area contributed by atoms with Gasteiger partial charge in [-0.05, 0) is 87.3 Å². The van der Waals surface area contributed by atoms with E-state index in [0.29, 0.717) is 5.82 Å². The molecule has 5 nitrogen and oxygen atoms in total. The lowest BCUT2D eigenvalue weighted by Gasteiger charge is -2.27. The molecule has 2 aliphatic heterocycles. The van der Waals surface area contributed by atoms with Crippen LogP contribution in [0.2, 0.25) is 0 Å². The van der Waals surface area contributed by atoms with E-state index in [1.54, 1.807) is 0 Å². The fourth-order valence-electron chi connectivity index (χ4n) is 11.1. The van der Waals surface area contributed by atoms with Crippen LogP contribution in [0.15, 0.2) is 200 Å². The SMILES string of the molecule is c1ccc(-c2nc(-n3c4cccc5c4-n(c4ccc(-c6ccc7c(c6)c6ccc8cccc9c%10ccccc%10n7c6c89)c6cccc5c64)c4ccccc43)c3ccccc3n2)cc1. The Hall–Kier alpha value is -8.54. The lowest BCUT2D eigenvalue weighted by atomic mass is 9.91. The standard InChI is InChI=1S/C58H33N5/c1-2-13-35(14-3-1)57-59-46-22-6-4-17-44(46)58(60-57)63-50-25-9-8-24-49(50)62-51-32-30-37(39-19-11-20-41(54(39)51)42-21-12-26-52(63)55(42)62)36-28-31-48-45(33-36)43-29-27-34-15-10-18-40-38-16-5-7-23-47(38)61(48)56(43)53(34)40/h1-33H. The number of rotatable bonds is 3. The number of fused-ring (bicyclic) bond motifs is 11. The summed E-state index contributed by atoms with van der Waals surface area (Å²) in [5.41, 5.74) is 13.7. The summed E-state index contributed by atoms with van der Waals surface area (Å²) in [5.74, 6) is 1.56. The Kier molecular flexibility index (Phi) is 6.36. The number of para-hydroxylation sites is 5. The summed E-state index contributed by atoms with van der Waals surface area (Å²) < 4.78 is 7.34. The average Bonchev–Trinajstić information content (AvgIpc) is 3.69. The van der Waals surface area contributed by atoms with Gasteiger partial charge in [-0.15, -0.1) is 0 Å². The van der Waals surface area contributed by atoms with E-state index in [4.69, 9.17) is 9.97 Å². The van der Waals surface area contributed by atoms with Crippen molar-refractivity contribution in [3.05, 3.63) is 200 Å². The van der Waals surface area contributed by atoms with Crippen molar-refractivity contribution in [3.8, 4) is 34.0 Å². The molecule has 13 aromatic rings. The zero-order chi connectivity index (χ0) is 40.9. The Bertz CT molecular complexity index is 4360. The molecule has 0 radical (unpaired) electrons. The van der Waals surface area contributed by atoms with Crippen LogP contribution in [0.4, 0.5) is 0 Å². The molecular formula is C58H33N5. The van der Waals surface area contributed by atoms with E-state index in [9.17, 15) is 0 Å². The van der Waals surface area contributed by atoms with Gasteiger partial charge in [0, 0.05) is 43.3 Å². The Labute approximate surface area is 359 Å². The third-order valence-electron chi connectivity index (χ3n) is 13.7. The van der Waals surface area contributed by atoms with Gasteiger partial charge in [0.2, 0.25) is 0 Å². The molecule has 0 saturated carbocycles. The molecule has 10 aromatic carbocycles. The van der Waals surface area contributed by atoms with Gasteiger partial charge < -0.3 is 8.97 Å². The van der Waals surface area contributed by atoms with Crippen LogP contribution in [0.25, 0.3) is 137 Å². The minimum atomic E-state index is 0.704. The van der Waals surface area contributed by atoms with Crippen molar-refractivity contribution >= 4 is 103 Å². The smallest absolute Gasteiger partial charge is 0.162 e. The largest absolute Gasteiger partial charge is 0.308 e. The van der Waals surface area contributed by atoms with Crippen LogP contribution in [0.1, 0.15) is 0 Å². The molecular weight excluding hydrogens is 767 g/mol. The van der Waals surface area contributed by atoms with Crippen molar-refractivity contribution in [2.24, 2.45) is 0 Å². The zero-order valence-corrected chi connectivity index (χ0v) is 33.8. The number of aromatic nitrogens is 5. The van der Waals surface area contributed by atoms with Crippen molar-refractivity contribution in [1.82, 2.24) is 23.5 Å². The van der Waals surface area contributed by atoms with Gasteiger partial charge in [-0.25, -0.2) is 9.97 Å². The molecule has 0 saturated heterocycles. The summed E-state index contributed by atoms with van der Waals surface area (Å²) in [6, 6.07) is 73.0. The van der Waals surface area contributed by atoms with Gasteiger partial charge >= 0.3 is 0 Å².